The van der Waals surface area contributed by atoms with Crippen LogP contribution in [0.1, 0.15) is 40.0 Å². The van der Waals surface area contributed by atoms with Crippen molar-refractivity contribution < 1.29 is 4.74 Å². The molecule has 0 amide bonds. The zero-order chi connectivity index (χ0) is 8.98. The molecule has 0 aromatic carbocycles. The lowest BCUT2D eigenvalue weighted by atomic mass is 9.70. The van der Waals surface area contributed by atoms with Gasteiger partial charge in [-0.25, -0.2) is 0 Å². The Bertz CT molecular complexity index is 197. The van der Waals surface area contributed by atoms with E-state index in [9.17, 15) is 0 Å². The maximum atomic E-state index is 5.58. The van der Waals surface area contributed by atoms with Gasteiger partial charge in [0.05, 0.1) is 6.10 Å². The number of hydrogen-bond acceptors (Lipinski definition) is 1. The summed E-state index contributed by atoms with van der Waals surface area (Å²) in [6, 6.07) is 0. The predicted octanol–water partition coefficient (Wildman–Crippen LogP) is 2.85. The van der Waals surface area contributed by atoms with Crippen molar-refractivity contribution in [1.29, 1.82) is 0 Å². The molecule has 12 heavy (non-hydrogen) atoms. The topological polar surface area (TPSA) is 9.23 Å². The van der Waals surface area contributed by atoms with E-state index >= 15 is 0 Å². The Morgan fingerprint density at radius 2 is 1.92 bits per heavy atom. The number of ether oxygens (including phenoxy) is 1. The lowest BCUT2D eigenvalue weighted by molar-refractivity contribution is -0.0200. The molecule has 2 aliphatic rings. The molecule has 2 unspecified atom stereocenters. The molecule has 0 aromatic rings. The van der Waals surface area contributed by atoms with Crippen LogP contribution >= 0.6 is 0 Å². The van der Waals surface area contributed by atoms with Crippen LogP contribution < -0.4 is 0 Å². The zero-order valence-electron chi connectivity index (χ0n) is 8.68. The Morgan fingerprint density at radius 1 is 1.25 bits per heavy atom. The maximum absolute atomic E-state index is 5.58. The van der Waals surface area contributed by atoms with E-state index in [1.165, 1.54) is 19.3 Å². The van der Waals surface area contributed by atoms with Crippen LogP contribution in [0.15, 0.2) is 0 Å². The van der Waals surface area contributed by atoms with E-state index in [0.717, 1.165) is 5.92 Å². The first-order valence-corrected chi connectivity index (χ1v) is 5.05. The monoisotopic (exact) mass is 168 g/mol. The number of hydrogen-bond donors (Lipinski definition) is 0. The zero-order valence-corrected chi connectivity index (χ0v) is 8.68. The summed E-state index contributed by atoms with van der Waals surface area (Å²) in [7, 11) is 1.87. The Hall–Kier alpha value is -0.0400. The van der Waals surface area contributed by atoms with Crippen molar-refractivity contribution in [2.75, 3.05) is 7.11 Å². The number of fused-ring (bicyclic) bond motifs is 2. The largest absolute Gasteiger partial charge is 0.381 e. The SMILES string of the molecule is COC1CC2CC[C@]1(C)C2(C)C. The van der Waals surface area contributed by atoms with E-state index in [4.69, 9.17) is 4.74 Å². The fraction of sp³-hybridized carbons (Fsp3) is 1.00. The summed E-state index contributed by atoms with van der Waals surface area (Å²) in [6.07, 6.45) is 4.60. The molecule has 0 saturated heterocycles. The molecular weight excluding hydrogens is 148 g/mol. The molecule has 1 heteroatoms. The minimum atomic E-state index is 0.451. The highest BCUT2D eigenvalue weighted by atomic mass is 16.5. The molecule has 1 nitrogen and oxygen atoms in total. The summed E-state index contributed by atoms with van der Waals surface area (Å²) in [4.78, 5) is 0. The summed E-state index contributed by atoms with van der Waals surface area (Å²) in [6.45, 7) is 7.25. The molecule has 2 aliphatic carbocycles. The molecule has 0 radical (unpaired) electrons. The van der Waals surface area contributed by atoms with Gasteiger partial charge in [0.15, 0.2) is 0 Å². The van der Waals surface area contributed by atoms with E-state index in [1.807, 2.05) is 7.11 Å². The van der Waals surface area contributed by atoms with Crippen LogP contribution in [0.4, 0.5) is 0 Å². The van der Waals surface area contributed by atoms with Gasteiger partial charge in [0.25, 0.3) is 0 Å². The van der Waals surface area contributed by atoms with Gasteiger partial charge in [-0.2, -0.15) is 0 Å². The van der Waals surface area contributed by atoms with Gasteiger partial charge in [0.1, 0.15) is 0 Å². The van der Waals surface area contributed by atoms with Gasteiger partial charge < -0.3 is 4.74 Å². The van der Waals surface area contributed by atoms with E-state index in [2.05, 4.69) is 20.8 Å². The van der Waals surface area contributed by atoms with Crippen LogP contribution in [0.5, 0.6) is 0 Å². The number of methoxy groups -OCH3 is 1. The van der Waals surface area contributed by atoms with Crippen molar-refractivity contribution in [3.8, 4) is 0 Å². The molecule has 0 spiro atoms. The van der Waals surface area contributed by atoms with Crippen LogP contribution in [0, 0.1) is 16.7 Å². The minimum absolute atomic E-state index is 0.451. The first kappa shape index (κ1) is 8.55. The van der Waals surface area contributed by atoms with E-state index in [-0.39, 0.29) is 0 Å². The molecular formula is C11H20O. The normalized spacial score (nSPS) is 50.0. The molecule has 2 saturated carbocycles. The summed E-state index contributed by atoms with van der Waals surface area (Å²) < 4.78 is 5.58. The molecule has 0 N–H and O–H groups in total. The highest BCUT2D eigenvalue weighted by Crippen LogP contribution is 2.66. The first-order chi connectivity index (χ1) is 5.52. The molecule has 0 aromatic heterocycles. The van der Waals surface area contributed by atoms with Gasteiger partial charge in [-0.1, -0.05) is 20.8 Å². The molecule has 0 heterocycles. The molecule has 2 bridgehead atoms. The molecule has 0 aliphatic heterocycles. The van der Waals surface area contributed by atoms with Crippen molar-refractivity contribution in [2.24, 2.45) is 16.7 Å². The van der Waals surface area contributed by atoms with Crippen LogP contribution in [0.3, 0.4) is 0 Å². The summed E-state index contributed by atoms with van der Waals surface area (Å²) in [5.74, 6) is 0.910. The van der Waals surface area contributed by atoms with Crippen LogP contribution in [-0.2, 0) is 4.74 Å². The summed E-state index contributed by atoms with van der Waals surface area (Å²) in [5.41, 5.74) is 0.958. The second-order valence-corrected chi connectivity index (χ2v) is 5.33. The fourth-order valence-corrected chi connectivity index (χ4v) is 3.49. The third-order valence-electron chi connectivity index (χ3n) is 5.00. The van der Waals surface area contributed by atoms with Crippen LogP contribution in [0.2, 0.25) is 0 Å². The van der Waals surface area contributed by atoms with Gasteiger partial charge in [-0.3, -0.25) is 0 Å². The van der Waals surface area contributed by atoms with E-state index < -0.39 is 0 Å². The standard InChI is InChI=1S/C11H20O/c1-10(2)8-5-6-11(10,3)9(7-8)12-4/h8-9H,5-7H2,1-4H3/t8?,9?,11-/m0/s1. The Morgan fingerprint density at radius 3 is 2.17 bits per heavy atom. The van der Waals surface area contributed by atoms with Crippen LogP contribution in [0.25, 0.3) is 0 Å². The van der Waals surface area contributed by atoms with Gasteiger partial charge in [-0.15, -0.1) is 0 Å². The smallest absolute Gasteiger partial charge is 0.0632 e. The summed E-state index contributed by atoms with van der Waals surface area (Å²) >= 11 is 0. The fourth-order valence-electron chi connectivity index (χ4n) is 3.49. The second kappa shape index (κ2) is 2.25. The van der Waals surface area contributed by atoms with Crippen molar-refractivity contribution in [3.05, 3.63) is 0 Å². The average molecular weight is 168 g/mol. The highest BCUT2D eigenvalue weighted by Gasteiger charge is 2.61. The molecule has 70 valence electrons. The highest BCUT2D eigenvalue weighted by molar-refractivity contribution is 5.10. The third-order valence-corrected chi connectivity index (χ3v) is 5.00. The van der Waals surface area contributed by atoms with Crippen molar-refractivity contribution in [3.63, 3.8) is 0 Å². The third kappa shape index (κ3) is 0.736. The van der Waals surface area contributed by atoms with E-state index in [0.29, 0.717) is 16.9 Å². The second-order valence-electron chi connectivity index (χ2n) is 5.33. The van der Waals surface area contributed by atoms with Gasteiger partial charge in [0, 0.05) is 7.11 Å². The van der Waals surface area contributed by atoms with Crippen molar-refractivity contribution >= 4 is 0 Å². The first-order valence-electron chi connectivity index (χ1n) is 5.05. The summed E-state index contributed by atoms with van der Waals surface area (Å²) in [5, 5.41) is 0. The lowest BCUT2D eigenvalue weighted by Gasteiger charge is -2.38. The molecule has 3 atom stereocenters. The van der Waals surface area contributed by atoms with Gasteiger partial charge in [0.2, 0.25) is 0 Å². The predicted molar refractivity (Wildman–Crippen MR) is 50.0 cm³/mol. The van der Waals surface area contributed by atoms with Crippen LogP contribution in [-0.4, -0.2) is 13.2 Å². The Kier molecular flexibility index (Phi) is 1.61. The Labute approximate surface area is 75.5 Å². The van der Waals surface area contributed by atoms with Crippen molar-refractivity contribution in [1.82, 2.24) is 0 Å². The molecule has 2 fully saturated rings. The quantitative estimate of drug-likeness (QED) is 0.585. The number of rotatable bonds is 1. The minimum Gasteiger partial charge on any atom is -0.381 e. The maximum Gasteiger partial charge on any atom is 0.0632 e. The lowest BCUT2D eigenvalue weighted by Crippen LogP contribution is -2.36. The van der Waals surface area contributed by atoms with Crippen molar-refractivity contribution in [2.45, 2.75) is 46.1 Å². The van der Waals surface area contributed by atoms with Gasteiger partial charge >= 0.3 is 0 Å². The molecule has 2 rings (SSSR count). The van der Waals surface area contributed by atoms with E-state index in [1.54, 1.807) is 0 Å². The Balaban J connectivity index is 2.33. The van der Waals surface area contributed by atoms with Gasteiger partial charge in [-0.05, 0) is 36.0 Å². The average Bonchev–Trinajstić information content (AvgIpc) is 2.34.